The predicted molar refractivity (Wildman–Crippen MR) is 118 cm³/mol. The normalized spacial score (nSPS) is 11.0. The number of amides is 1. The molecule has 0 radical (unpaired) electrons. The Hall–Kier alpha value is -1.70. The van der Waals surface area contributed by atoms with Crippen molar-refractivity contribution in [3.05, 3.63) is 74.5 Å². The van der Waals surface area contributed by atoms with E-state index in [9.17, 15) is 4.79 Å². The number of nitrogens with one attached hydrogen (secondary N) is 1. The zero-order chi connectivity index (χ0) is 19.9. The van der Waals surface area contributed by atoms with Crippen molar-refractivity contribution in [2.75, 3.05) is 6.61 Å². The lowest BCUT2D eigenvalue weighted by Gasteiger charge is -2.06. The van der Waals surface area contributed by atoms with E-state index in [-0.39, 0.29) is 6.61 Å². The van der Waals surface area contributed by atoms with Gasteiger partial charge in [0.05, 0.1) is 15.4 Å². The van der Waals surface area contributed by atoms with Crippen LogP contribution in [0.3, 0.4) is 0 Å². The van der Waals surface area contributed by atoms with E-state index in [0.717, 1.165) is 14.0 Å². The van der Waals surface area contributed by atoms with Gasteiger partial charge >= 0.3 is 0 Å². The van der Waals surface area contributed by atoms with E-state index in [0.29, 0.717) is 20.8 Å². The minimum Gasteiger partial charge on any atom is -0.482 e. The Morgan fingerprint density at radius 3 is 2.57 bits per heavy atom. The second kappa shape index (κ2) is 10.2. The van der Waals surface area contributed by atoms with Gasteiger partial charge in [0.1, 0.15) is 5.75 Å². The average Bonchev–Trinajstić information content (AvgIpc) is 3.10. The van der Waals surface area contributed by atoms with Crippen LogP contribution in [-0.2, 0) is 4.79 Å². The summed E-state index contributed by atoms with van der Waals surface area (Å²) in [5.41, 5.74) is 2.42. The number of rotatable bonds is 7. The summed E-state index contributed by atoms with van der Waals surface area (Å²) >= 11 is 20.9. The van der Waals surface area contributed by atoms with E-state index in [1.807, 2.05) is 36.4 Å². The number of hydrazone groups is 1. The number of hydrogen-bond donors (Lipinski definition) is 1. The predicted octanol–water partition coefficient (Wildman–Crippen LogP) is 6.39. The van der Waals surface area contributed by atoms with E-state index in [2.05, 4.69) is 10.5 Å². The van der Waals surface area contributed by atoms with Gasteiger partial charge < -0.3 is 4.74 Å². The molecule has 0 aliphatic carbocycles. The zero-order valence-electron chi connectivity index (χ0n) is 14.2. The van der Waals surface area contributed by atoms with Crippen molar-refractivity contribution in [3.63, 3.8) is 0 Å². The number of carbonyl (C=O) groups is 1. The zero-order valence-corrected chi connectivity index (χ0v) is 18.1. The van der Waals surface area contributed by atoms with Gasteiger partial charge in [-0.25, -0.2) is 5.43 Å². The standard InChI is InChI=1S/C19H13Cl3N2O2S2/c20-12-1-4-14(5-2-12)27-19-8-6-15(28-19)10-23-24-18(25)11-26-17-7-3-13(21)9-16(17)22/h1-10H,11H2,(H,24,25)/b23-10+. The van der Waals surface area contributed by atoms with Crippen LogP contribution in [0, 0.1) is 0 Å². The molecule has 28 heavy (non-hydrogen) atoms. The van der Waals surface area contributed by atoms with Crippen LogP contribution in [0.15, 0.2) is 68.8 Å². The Labute approximate surface area is 185 Å². The topological polar surface area (TPSA) is 50.7 Å². The molecule has 144 valence electrons. The molecule has 1 aromatic heterocycles. The number of carbonyl (C=O) groups excluding carboxylic acids is 1. The quantitative estimate of drug-likeness (QED) is 0.321. The Morgan fingerprint density at radius 2 is 1.82 bits per heavy atom. The maximum absolute atomic E-state index is 11.8. The molecule has 1 amide bonds. The van der Waals surface area contributed by atoms with Crippen LogP contribution in [0.4, 0.5) is 0 Å². The summed E-state index contributed by atoms with van der Waals surface area (Å²) < 4.78 is 6.46. The van der Waals surface area contributed by atoms with Gasteiger partial charge in [0.25, 0.3) is 5.91 Å². The van der Waals surface area contributed by atoms with Crippen molar-refractivity contribution in [2.45, 2.75) is 9.10 Å². The molecular weight excluding hydrogens is 459 g/mol. The molecule has 0 saturated carbocycles. The first-order valence-electron chi connectivity index (χ1n) is 7.92. The van der Waals surface area contributed by atoms with Crippen molar-refractivity contribution in [3.8, 4) is 5.75 Å². The largest absolute Gasteiger partial charge is 0.482 e. The third kappa shape index (κ3) is 6.43. The van der Waals surface area contributed by atoms with Crippen LogP contribution in [0.5, 0.6) is 5.75 Å². The molecule has 0 saturated heterocycles. The highest BCUT2D eigenvalue weighted by Gasteiger charge is 2.06. The number of hydrogen-bond acceptors (Lipinski definition) is 5. The fourth-order valence-corrected chi connectivity index (χ4v) is 4.60. The molecule has 3 aromatic rings. The molecule has 0 spiro atoms. The van der Waals surface area contributed by atoms with E-state index < -0.39 is 5.91 Å². The highest BCUT2D eigenvalue weighted by molar-refractivity contribution is 8.01. The molecule has 0 bridgehead atoms. The van der Waals surface area contributed by atoms with Gasteiger partial charge in [0.2, 0.25) is 0 Å². The lowest BCUT2D eigenvalue weighted by molar-refractivity contribution is -0.123. The molecule has 0 aliphatic rings. The molecule has 3 rings (SSSR count). The molecular formula is C19H13Cl3N2O2S2. The Kier molecular flexibility index (Phi) is 7.65. The monoisotopic (exact) mass is 470 g/mol. The van der Waals surface area contributed by atoms with Gasteiger partial charge in [-0.1, -0.05) is 46.6 Å². The Bertz CT molecular complexity index is 991. The number of halogens is 3. The molecule has 0 unspecified atom stereocenters. The minimum absolute atomic E-state index is 0.208. The van der Waals surface area contributed by atoms with Gasteiger partial charge in [-0.15, -0.1) is 11.3 Å². The van der Waals surface area contributed by atoms with Crippen molar-refractivity contribution in [1.29, 1.82) is 0 Å². The molecule has 0 aliphatic heterocycles. The maximum Gasteiger partial charge on any atom is 0.277 e. The van der Waals surface area contributed by atoms with Crippen LogP contribution in [0.25, 0.3) is 0 Å². The van der Waals surface area contributed by atoms with Crippen LogP contribution in [-0.4, -0.2) is 18.7 Å². The average molecular weight is 472 g/mol. The van der Waals surface area contributed by atoms with Crippen molar-refractivity contribution >= 4 is 70.0 Å². The van der Waals surface area contributed by atoms with E-state index in [1.54, 1.807) is 47.5 Å². The number of ether oxygens (including phenoxy) is 1. The molecule has 9 heteroatoms. The van der Waals surface area contributed by atoms with Crippen LogP contribution in [0.2, 0.25) is 15.1 Å². The van der Waals surface area contributed by atoms with Crippen LogP contribution < -0.4 is 10.2 Å². The second-order valence-corrected chi connectivity index (χ2v) is 9.14. The Balaban J connectivity index is 1.47. The number of benzene rings is 2. The van der Waals surface area contributed by atoms with Gasteiger partial charge in [-0.3, -0.25) is 4.79 Å². The summed E-state index contributed by atoms with van der Waals surface area (Å²) in [6, 6.07) is 16.4. The molecule has 1 N–H and O–H groups in total. The van der Waals surface area contributed by atoms with Crippen molar-refractivity contribution in [1.82, 2.24) is 5.43 Å². The first-order valence-corrected chi connectivity index (χ1v) is 10.7. The first kappa shape index (κ1) is 21.0. The fraction of sp³-hybridized carbons (Fsp3) is 0.0526. The van der Waals surface area contributed by atoms with Gasteiger partial charge in [0.15, 0.2) is 6.61 Å². The molecule has 0 atom stereocenters. The second-order valence-electron chi connectivity index (χ2n) is 5.37. The van der Waals surface area contributed by atoms with E-state index in [1.165, 1.54) is 0 Å². The van der Waals surface area contributed by atoms with Gasteiger partial charge in [0, 0.05) is 19.8 Å². The smallest absolute Gasteiger partial charge is 0.277 e. The lowest BCUT2D eigenvalue weighted by atomic mass is 10.3. The molecule has 0 fully saturated rings. The summed E-state index contributed by atoms with van der Waals surface area (Å²) in [7, 11) is 0. The summed E-state index contributed by atoms with van der Waals surface area (Å²) in [5.74, 6) is -0.0121. The summed E-state index contributed by atoms with van der Waals surface area (Å²) in [6.45, 7) is -0.208. The SMILES string of the molecule is O=C(COc1ccc(Cl)cc1Cl)N/N=C/c1ccc(Sc2ccc(Cl)cc2)s1. The maximum atomic E-state index is 11.8. The molecule has 1 heterocycles. The number of thiophene rings is 1. The Morgan fingerprint density at radius 1 is 1.07 bits per heavy atom. The minimum atomic E-state index is -0.394. The lowest BCUT2D eigenvalue weighted by Crippen LogP contribution is -2.24. The van der Waals surface area contributed by atoms with E-state index >= 15 is 0 Å². The highest BCUT2D eigenvalue weighted by Crippen LogP contribution is 2.33. The first-order chi connectivity index (χ1) is 13.5. The van der Waals surface area contributed by atoms with Crippen LogP contribution in [0.1, 0.15) is 4.88 Å². The van der Waals surface area contributed by atoms with Gasteiger partial charge in [-0.2, -0.15) is 5.10 Å². The van der Waals surface area contributed by atoms with E-state index in [4.69, 9.17) is 39.5 Å². The summed E-state index contributed by atoms with van der Waals surface area (Å²) in [4.78, 5) is 13.8. The molecule has 4 nitrogen and oxygen atoms in total. The summed E-state index contributed by atoms with van der Waals surface area (Å²) in [5, 5.41) is 5.49. The van der Waals surface area contributed by atoms with Gasteiger partial charge in [-0.05, 0) is 54.6 Å². The third-order valence-electron chi connectivity index (χ3n) is 3.27. The van der Waals surface area contributed by atoms with Crippen molar-refractivity contribution in [2.24, 2.45) is 5.10 Å². The number of nitrogens with zero attached hydrogens (tertiary/aromatic N) is 1. The summed E-state index contributed by atoms with van der Waals surface area (Å²) in [6.07, 6.45) is 1.59. The third-order valence-corrected chi connectivity index (χ3v) is 6.21. The van der Waals surface area contributed by atoms with Crippen molar-refractivity contribution < 1.29 is 9.53 Å². The van der Waals surface area contributed by atoms with Crippen LogP contribution >= 0.6 is 57.9 Å². The highest BCUT2D eigenvalue weighted by atomic mass is 35.5. The molecule has 2 aromatic carbocycles. The fourth-order valence-electron chi connectivity index (χ4n) is 2.01.